The molecule has 39 heavy (non-hydrogen) atoms. The molecule has 1 N–H and O–H groups in total. The van der Waals surface area contributed by atoms with Crippen LogP contribution in [0.3, 0.4) is 0 Å². The summed E-state index contributed by atoms with van der Waals surface area (Å²) >= 11 is 0. The Hall–Kier alpha value is -3.85. The molecule has 4 aromatic rings. The van der Waals surface area contributed by atoms with Crippen LogP contribution in [-0.2, 0) is 27.1 Å². The van der Waals surface area contributed by atoms with E-state index in [4.69, 9.17) is 0 Å². The van der Waals surface area contributed by atoms with E-state index in [1.54, 1.807) is 33.3 Å². The molecular weight excluding hydrogens is 520 g/mol. The normalized spacial score (nSPS) is 15.2. The van der Waals surface area contributed by atoms with Crippen LogP contribution >= 0.6 is 0 Å². The minimum absolute atomic E-state index is 0.0741. The van der Waals surface area contributed by atoms with Gasteiger partial charge < -0.3 is 10.2 Å². The zero-order chi connectivity index (χ0) is 28.5. The number of benzene rings is 3. The van der Waals surface area contributed by atoms with E-state index < -0.39 is 34.4 Å². The number of halogens is 2. The number of hydrogen-bond acceptors (Lipinski definition) is 3. The Morgan fingerprint density at radius 3 is 2.28 bits per heavy atom. The van der Waals surface area contributed by atoms with Gasteiger partial charge in [-0.15, -0.1) is 0 Å². The predicted molar refractivity (Wildman–Crippen MR) is 152 cm³/mol. The van der Waals surface area contributed by atoms with Crippen LogP contribution in [-0.4, -0.2) is 26.5 Å². The van der Waals surface area contributed by atoms with Crippen LogP contribution in [0.2, 0.25) is 0 Å². The maximum atomic E-state index is 13.4. The van der Waals surface area contributed by atoms with Crippen LogP contribution in [0, 0.1) is 17.6 Å². The molecule has 206 valence electrons. The average Bonchev–Trinajstić information content (AvgIpc) is 3.56. The van der Waals surface area contributed by atoms with Gasteiger partial charge in [0.05, 0.1) is 10.4 Å². The monoisotopic (exact) mass is 553 g/mol. The molecule has 1 aromatic heterocycles. The molecule has 0 saturated carbocycles. The SMILES string of the molecule is CC.CC.O=C(NCc1cc(F)cc(F)c1)C1CCN(c2ccc3c(ccn3S(=O)c3ccccc3)c2)C1=O. The zero-order valence-corrected chi connectivity index (χ0v) is 23.3. The summed E-state index contributed by atoms with van der Waals surface area (Å²) in [5.74, 6) is -3.14. The van der Waals surface area contributed by atoms with Gasteiger partial charge in [0.25, 0.3) is 0 Å². The van der Waals surface area contributed by atoms with Crippen molar-refractivity contribution >= 4 is 39.4 Å². The van der Waals surface area contributed by atoms with E-state index in [9.17, 15) is 22.6 Å². The fourth-order valence-corrected chi connectivity index (χ4v) is 5.41. The zero-order valence-electron chi connectivity index (χ0n) is 22.5. The molecule has 9 heteroatoms. The molecule has 6 nitrogen and oxygen atoms in total. The van der Waals surface area contributed by atoms with Crippen molar-refractivity contribution in [1.29, 1.82) is 0 Å². The van der Waals surface area contributed by atoms with E-state index in [1.807, 2.05) is 64.1 Å². The second-order valence-electron chi connectivity index (χ2n) is 8.27. The minimum Gasteiger partial charge on any atom is -0.351 e. The second kappa shape index (κ2) is 13.8. The van der Waals surface area contributed by atoms with Crippen molar-refractivity contribution < 1.29 is 22.6 Å². The first-order valence-electron chi connectivity index (χ1n) is 13.0. The summed E-state index contributed by atoms with van der Waals surface area (Å²) in [5.41, 5.74) is 1.69. The lowest BCUT2D eigenvalue weighted by atomic mass is 10.1. The fourth-order valence-electron chi connectivity index (χ4n) is 4.27. The third kappa shape index (κ3) is 6.78. The molecule has 1 saturated heterocycles. The number of nitrogens with zero attached hydrogens (tertiary/aromatic N) is 2. The number of rotatable bonds is 6. The van der Waals surface area contributed by atoms with Gasteiger partial charge in [-0.25, -0.2) is 13.0 Å². The van der Waals surface area contributed by atoms with Crippen LogP contribution in [0.25, 0.3) is 10.9 Å². The summed E-state index contributed by atoms with van der Waals surface area (Å²) in [4.78, 5) is 27.8. The lowest BCUT2D eigenvalue weighted by Gasteiger charge is -2.17. The summed E-state index contributed by atoms with van der Waals surface area (Å²) in [7, 11) is -1.40. The number of anilines is 1. The van der Waals surface area contributed by atoms with Gasteiger partial charge in [0.1, 0.15) is 17.6 Å². The van der Waals surface area contributed by atoms with Crippen molar-refractivity contribution in [3.05, 3.63) is 96.2 Å². The van der Waals surface area contributed by atoms with E-state index in [-0.39, 0.29) is 18.0 Å². The lowest BCUT2D eigenvalue weighted by molar-refractivity contribution is -0.132. The first-order chi connectivity index (χ1) is 18.9. The number of fused-ring (bicyclic) bond motifs is 1. The van der Waals surface area contributed by atoms with Gasteiger partial charge in [0.2, 0.25) is 11.8 Å². The number of carbonyl (C=O) groups is 2. The Kier molecular flexibility index (Phi) is 10.5. The molecule has 1 aliphatic rings. The molecule has 0 radical (unpaired) electrons. The van der Waals surface area contributed by atoms with E-state index in [2.05, 4.69) is 5.32 Å². The first-order valence-corrected chi connectivity index (χ1v) is 14.1. The predicted octanol–water partition coefficient (Wildman–Crippen LogP) is 6.21. The third-order valence-electron chi connectivity index (χ3n) is 5.98. The molecule has 1 fully saturated rings. The summed E-state index contributed by atoms with van der Waals surface area (Å²) < 4.78 is 41.4. The number of aromatic nitrogens is 1. The Morgan fingerprint density at radius 2 is 1.62 bits per heavy atom. The maximum absolute atomic E-state index is 13.4. The topological polar surface area (TPSA) is 71.4 Å². The molecule has 2 amide bonds. The smallest absolute Gasteiger partial charge is 0.239 e. The quantitative estimate of drug-likeness (QED) is 0.289. The molecule has 0 bridgehead atoms. The number of amides is 2. The number of carbonyl (C=O) groups excluding carboxylic acids is 2. The fraction of sp³-hybridized carbons (Fsp3) is 0.267. The number of hydrogen-bond donors (Lipinski definition) is 1. The number of nitrogens with one attached hydrogen (secondary N) is 1. The Bertz CT molecular complexity index is 1440. The molecule has 2 atom stereocenters. The van der Waals surface area contributed by atoms with Gasteiger partial charge in [-0.3, -0.25) is 13.6 Å². The van der Waals surface area contributed by atoms with Gasteiger partial charge in [0.15, 0.2) is 11.0 Å². The van der Waals surface area contributed by atoms with E-state index in [0.717, 1.165) is 29.1 Å². The Morgan fingerprint density at radius 1 is 0.949 bits per heavy atom. The van der Waals surface area contributed by atoms with Crippen molar-refractivity contribution in [2.24, 2.45) is 5.92 Å². The van der Waals surface area contributed by atoms with Gasteiger partial charge >= 0.3 is 0 Å². The Balaban J connectivity index is 0.00000100. The molecule has 3 aromatic carbocycles. The standard InChI is InChI=1S/C26H21F2N3O3S.2C2H6/c27-19-12-17(13-20(28)15-19)16-29-25(32)23-9-10-30(26(23)33)21-6-7-24-18(14-21)8-11-31(24)35(34)22-4-2-1-3-5-22;2*1-2/h1-8,11-15,23H,9-10,16H2,(H,29,32);2*1-2H3. The van der Waals surface area contributed by atoms with Crippen molar-refractivity contribution in [1.82, 2.24) is 9.29 Å². The highest BCUT2D eigenvalue weighted by Crippen LogP contribution is 2.30. The van der Waals surface area contributed by atoms with Crippen molar-refractivity contribution in [3.63, 3.8) is 0 Å². The summed E-state index contributed by atoms with van der Waals surface area (Å²) in [6, 6.07) is 19.4. The van der Waals surface area contributed by atoms with Crippen LogP contribution in [0.5, 0.6) is 0 Å². The molecule has 5 rings (SSSR count). The van der Waals surface area contributed by atoms with Crippen LogP contribution in [0.15, 0.2) is 83.9 Å². The molecule has 0 spiro atoms. The summed E-state index contributed by atoms with van der Waals surface area (Å²) in [6.45, 7) is 8.29. The van der Waals surface area contributed by atoms with Gasteiger partial charge in [-0.1, -0.05) is 45.9 Å². The summed E-state index contributed by atoms with van der Waals surface area (Å²) in [6.07, 6.45) is 2.08. The van der Waals surface area contributed by atoms with Gasteiger partial charge in [-0.2, -0.15) is 0 Å². The maximum Gasteiger partial charge on any atom is 0.239 e. The van der Waals surface area contributed by atoms with Crippen LogP contribution < -0.4 is 10.2 Å². The molecule has 2 heterocycles. The molecule has 0 aliphatic carbocycles. The van der Waals surface area contributed by atoms with Crippen molar-refractivity contribution in [3.8, 4) is 0 Å². The third-order valence-corrected chi connectivity index (χ3v) is 7.34. The van der Waals surface area contributed by atoms with Crippen molar-refractivity contribution in [2.45, 2.75) is 45.6 Å². The van der Waals surface area contributed by atoms with Crippen molar-refractivity contribution in [2.75, 3.05) is 11.4 Å². The van der Waals surface area contributed by atoms with E-state index >= 15 is 0 Å². The van der Waals surface area contributed by atoms with E-state index in [1.165, 1.54) is 0 Å². The highest BCUT2D eigenvalue weighted by Gasteiger charge is 2.37. The molecule has 2 unspecified atom stereocenters. The van der Waals surface area contributed by atoms with Gasteiger partial charge in [0, 0.05) is 36.4 Å². The highest BCUT2D eigenvalue weighted by atomic mass is 32.2. The minimum atomic E-state index is -1.40. The largest absolute Gasteiger partial charge is 0.351 e. The lowest BCUT2D eigenvalue weighted by Crippen LogP contribution is -2.36. The van der Waals surface area contributed by atoms with Crippen LogP contribution in [0.1, 0.15) is 39.7 Å². The average molecular weight is 554 g/mol. The molecular formula is C30H33F2N3O3S. The van der Waals surface area contributed by atoms with Crippen LogP contribution in [0.4, 0.5) is 14.5 Å². The van der Waals surface area contributed by atoms with Gasteiger partial charge in [-0.05, 0) is 60.5 Å². The molecule has 1 aliphatic heterocycles. The second-order valence-corrected chi connectivity index (χ2v) is 9.64. The first kappa shape index (κ1) is 29.7. The summed E-state index contributed by atoms with van der Waals surface area (Å²) in [5, 5.41) is 3.42. The highest BCUT2D eigenvalue weighted by molar-refractivity contribution is 7.83. The Labute approximate surface area is 230 Å². The van der Waals surface area contributed by atoms with E-state index in [0.29, 0.717) is 23.5 Å².